The zero-order valence-electron chi connectivity index (χ0n) is 13.9. The minimum atomic E-state index is -1.09. The second-order valence-corrected chi connectivity index (χ2v) is 5.84. The maximum absolute atomic E-state index is 14.0. The number of carboxylic acid groups (broad SMARTS) is 1. The van der Waals surface area contributed by atoms with Crippen molar-refractivity contribution in [3.63, 3.8) is 0 Å². The van der Waals surface area contributed by atoms with Gasteiger partial charge in [0.1, 0.15) is 17.7 Å². The van der Waals surface area contributed by atoms with Crippen molar-refractivity contribution < 1.29 is 28.6 Å². The summed E-state index contributed by atoms with van der Waals surface area (Å²) in [5.41, 5.74) is 0.797. The van der Waals surface area contributed by atoms with Gasteiger partial charge in [-0.25, -0.2) is 9.18 Å². The fourth-order valence-electron chi connectivity index (χ4n) is 2.80. The summed E-state index contributed by atoms with van der Waals surface area (Å²) in [6.07, 6.45) is -0.527. The van der Waals surface area contributed by atoms with E-state index in [9.17, 15) is 14.0 Å². The highest BCUT2D eigenvalue weighted by Crippen LogP contribution is 2.26. The summed E-state index contributed by atoms with van der Waals surface area (Å²) < 4.78 is 24.7. The van der Waals surface area contributed by atoms with E-state index in [1.165, 1.54) is 12.1 Å². The molecule has 0 bridgehead atoms. The van der Waals surface area contributed by atoms with Gasteiger partial charge in [0.05, 0.1) is 13.2 Å². The Morgan fingerprint density at radius 3 is 2.81 bits per heavy atom. The molecule has 3 rings (SSSR count). The van der Waals surface area contributed by atoms with Crippen molar-refractivity contribution in [1.29, 1.82) is 0 Å². The van der Waals surface area contributed by atoms with Crippen LogP contribution in [0.15, 0.2) is 48.5 Å². The maximum atomic E-state index is 14.0. The van der Waals surface area contributed by atoms with Crippen LogP contribution in [0.2, 0.25) is 0 Å². The number of carbonyl (C=O) groups excluding carboxylic acids is 1. The number of hydrogen-bond donors (Lipinski definition) is 1. The molecule has 1 heterocycles. The van der Waals surface area contributed by atoms with Gasteiger partial charge < -0.3 is 19.5 Å². The van der Waals surface area contributed by atoms with Gasteiger partial charge >= 0.3 is 5.97 Å². The lowest BCUT2D eigenvalue weighted by atomic mass is 10.1. The minimum absolute atomic E-state index is 0.236. The topological polar surface area (TPSA) is 76.1 Å². The fourth-order valence-corrected chi connectivity index (χ4v) is 2.80. The van der Waals surface area contributed by atoms with Crippen LogP contribution in [0.4, 0.5) is 4.39 Å². The van der Waals surface area contributed by atoms with Crippen LogP contribution in [0.25, 0.3) is 0 Å². The van der Waals surface area contributed by atoms with Gasteiger partial charge in [0.2, 0.25) is 0 Å². The number of nitrogens with zero attached hydrogens (tertiary/aromatic N) is 1. The summed E-state index contributed by atoms with van der Waals surface area (Å²) >= 11 is 0. The lowest BCUT2D eigenvalue weighted by Crippen LogP contribution is -2.42. The number of benzene rings is 2. The standard InChI is InChI=1S/C19H18FNO5/c20-16-7-2-1-6-15(16)17-11-21(8-9-25-17)19(24)13-4-3-5-14(10-13)26-12-18(22)23/h1-7,10,17H,8-9,11-12H2,(H,22,23). The van der Waals surface area contributed by atoms with E-state index in [1.54, 1.807) is 41.3 Å². The van der Waals surface area contributed by atoms with Gasteiger partial charge in [-0.1, -0.05) is 24.3 Å². The molecular weight excluding hydrogens is 341 g/mol. The molecule has 6 nitrogen and oxygen atoms in total. The van der Waals surface area contributed by atoms with Crippen molar-refractivity contribution in [3.8, 4) is 5.75 Å². The number of ether oxygens (including phenoxy) is 2. The normalized spacial score (nSPS) is 17.0. The molecule has 0 spiro atoms. The smallest absolute Gasteiger partial charge is 0.341 e. The number of halogens is 1. The highest BCUT2D eigenvalue weighted by Gasteiger charge is 2.27. The van der Waals surface area contributed by atoms with Gasteiger partial charge in [0.25, 0.3) is 5.91 Å². The molecule has 1 fully saturated rings. The molecule has 0 aliphatic carbocycles. The van der Waals surface area contributed by atoms with Crippen molar-refractivity contribution in [2.45, 2.75) is 6.10 Å². The molecule has 136 valence electrons. The number of rotatable bonds is 5. The van der Waals surface area contributed by atoms with Crippen LogP contribution < -0.4 is 4.74 Å². The third-order valence-electron chi connectivity index (χ3n) is 4.05. The van der Waals surface area contributed by atoms with E-state index in [2.05, 4.69) is 0 Å². The molecule has 1 N–H and O–H groups in total. The van der Waals surface area contributed by atoms with E-state index >= 15 is 0 Å². The average Bonchev–Trinajstić information content (AvgIpc) is 2.66. The van der Waals surface area contributed by atoms with Gasteiger partial charge in [-0.05, 0) is 24.3 Å². The Morgan fingerprint density at radius 2 is 2.04 bits per heavy atom. The number of morpholine rings is 1. The molecule has 2 aromatic rings. The maximum Gasteiger partial charge on any atom is 0.341 e. The van der Waals surface area contributed by atoms with Crippen LogP contribution in [0.5, 0.6) is 5.75 Å². The Labute approximate surface area is 149 Å². The number of carbonyl (C=O) groups is 2. The average molecular weight is 359 g/mol. The van der Waals surface area contributed by atoms with E-state index in [1.807, 2.05) is 0 Å². The van der Waals surface area contributed by atoms with Crippen LogP contribution in [-0.4, -0.2) is 48.2 Å². The molecule has 1 aliphatic heterocycles. The minimum Gasteiger partial charge on any atom is -0.482 e. The summed E-state index contributed by atoms with van der Waals surface area (Å²) in [6, 6.07) is 12.7. The Hall–Kier alpha value is -2.93. The largest absolute Gasteiger partial charge is 0.482 e. The number of carboxylic acids is 1. The molecule has 1 saturated heterocycles. The van der Waals surface area contributed by atoms with Crippen LogP contribution in [0.3, 0.4) is 0 Å². The van der Waals surface area contributed by atoms with Gasteiger partial charge in [0, 0.05) is 17.7 Å². The Kier molecular flexibility index (Phi) is 5.48. The molecule has 26 heavy (non-hydrogen) atoms. The first-order valence-electron chi connectivity index (χ1n) is 8.14. The quantitative estimate of drug-likeness (QED) is 0.888. The summed E-state index contributed by atoms with van der Waals surface area (Å²) in [7, 11) is 0. The number of amides is 1. The van der Waals surface area contributed by atoms with Crippen LogP contribution in [0, 0.1) is 5.82 Å². The summed E-state index contributed by atoms with van der Waals surface area (Å²) in [5.74, 6) is -1.40. The van der Waals surface area contributed by atoms with Crippen molar-refractivity contribution >= 4 is 11.9 Å². The SMILES string of the molecule is O=C(O)COc1cccc(C(=O)N2CCOC(c3ccccc3F)C2)c1. The third kappa shape index (κ3) is 4.18. The van der Waals surface area contributed by atoms with Crippen molar-refractivity contribution in [3.05, 3.63) is 65.5 Å². The summed E-state index contributed by atoms with van der Waals surface area (Å²) in [4.78, 5) is 24.9. The van der Waals surface area contributed by atoms with Crippen LogP contribution in [0.1, 0.15) is 22.0 Å². The van der Waals surface area contributed by atoms with E-state index in [0.29, 0.717) is 30.0 Å². The molecule has 1 amide bonds. The van der Waals surface area contributed by atoms with Gasteiger partial charge in [0.15, 0.2) is 6.61 Å². The second kappa shape index (κ2) is 7.97. The second-order valence-electron chi connectivity index (χ2n) is 5.84. The molecule has 0 saturated carbocycles. The molecule has 0 radical (unpaired) electrons. The summed E-state index contributed by atoms with van der Waals surface area (Å²) in [5, 5.41) is 8.67. The predicted molar refractivity (Wildman–Crippen MR) is 90.6 cm³/mol. The zero-order valence-corrected chi connectivity index (χ0v) is 13.9. The zero-order chi connectivity index (χ0) is 18.5. The third-order valence-corrected chi connectivity index (χ3v) is 4.05. The number of aliphatic carboxylic acids is 1. The van der Waals surface area contributed by atoms with E-state index in [-0.39, 0.29) is 18.3 Å². The lowest BCUT2D eigenvalue weighted by Gasteiger charge is -2.33. The fraction of sp³-hybridized carbons (Fsp3) is 0.263. The molecule has 7 heteroatoms. The Balaban J connectivity index is 1.72. The van der Waals surface area contributed by atoms with Crippen molar-refractivity contribution in [2.75, 3.05) is 26.3 Å². The van der Waals surface area contributed by atoms with Crippen LogP contribution in [-0.2, 0) is 9.53 Å². The highest BCUT2D eigenvalue weighted by molar-refractivity contribution is 5.94. The van der Waals surface area contributed by atoms with Gasteiger partial charge in [-0.3, -0.25) is 4.79 Å². The Morgan fingerprint density at radius 1 is 1.23 bits per heavy atom. The molecule has 1 unspecified atom stereocenters. The molecule has 1 aliphatic rings. The monoisotopic (exact) mass is 359 g/mol. The van der Waals surface area contributed by atoms with E-state index < -0.39 is 18.7 Å². The highest BCUT2D eigenvalue weighted by atomic mass is 19.1. The van der Waals surface area contributed by atoms with E-state index in [4.69, 9.17) is 14.6 Å². The first-order chi connectivity index (χ1) is 12.5. The van der Waals surface area contributed by atoms with E-state index in [0.717, 1.165) is 0 Å². The molecule has 1 atom stereocenters. The molecule has 0 aromatic heterocycles. The first-order valence-corrected chi connectivity index (χ1v) is 8.14. The lowest BCUT2D eigenvalue weighted by molar-refractivity contribution is -0.139. The van der Waals surface area contributed by atoms with Crippen molar-refractivity contribution in [1.82, 2.24) is 4.90 Å². The number of hydrogen-bond acceptors (Lipinski definition) is 4. The molecule has 2 aromatic carbocycles. The molecular formula is C19H18FNO5. The van der Waals surface area contributed by atoms with Crippen molar-refractivity contribution in [2.24, 2.45) is 0 Å². The Bertz CT molecular complexity index is 810. The first kappa shape index (κ1) is 17.9. The van der Waals surface area contributed by atoms with Gasteiger partial charge in [-0.15, -0.1) is 0 Å². The van der Waals surface area contributed by atoms with Gasteiger partial charge in [-0.2, -0.15) is 0 Å². The van der Waals surface area contributed by atoms with Crippen LogP contribution >= 0.6 is 0 Å². The predicted octanol–water partition coefficient (Wildman–Crippen LogP) is 2.50. The summed E-state index contributed by atoms with van der Waals surface area (Å²) in [6.45, 7) is 0.453.